The summed E-state index contributed by atoms with van der Waals surface area (Å²) >= 11 is 0. The second-order valence-corrected chi connectivity index (χ2v) is 9.26. The molecule has 2 aromatic carbocycles. The monoisotopic (exact) mass is 475 g/mol. The normalized spacial score (nSPS) is 15.3. The fourth-order valence-electron chi connectivity index (χ4n) is 3.49. The maximum Gasteiger partial charge on any atom is 0.270 e. The first-order valence-electron chi connectivity index (χ1n) is 10.2. The number of carbonyl (C=O) groups is 1. The number of hydrogen-bond donors (Lipinski definition) is 1. The zero-order chi connectivity index (χ0) is 24.0. The number of para-hydroxylation sites is 1. The molecule has 1 aliphatic rings. The largest absolute Gasteiger partial charge is 0.378 e. The van der Waals surface area contributed by atoms with Gasteiger partial charge in [-0.3, -0.25) is 19.2 Å². The molecular weight excluding hydrogens is 450 g/mol. The van der Waals surface area contributed by atoms with Crippen LogP contribution in [0.15, 0.2) is 53.6 Å². The molecule has 1 heterocycles. The Hall–Kier alpha value is -3.51. The van der Waals surface area contributed by atoms with E-state index in [-0.39, 0.29) is 5.69 Å². The van der Waals surface area contributed by atoms with E-state index in [4.69, 9.17) is 4.74 Å². The van der Waals surface area contributed by atoms with Gasteiger partial charge in [-0.15, -0.1) is 0 Å². The van der Waals surface area contributed by atoms with Gasteiger partial charge in [-0.25, -0.2) is 13.8 Å². The molecule has 1 saturated heterocycles. The van der Waals surface area contributed by atoms with Crippen LogP contribution in [0, 0.1) is 10.1 Å². The molecule has 0 saturated carbocycles. The summed E-state index contributed by atoms with van der Waals surface area (Å²) in [6, 6.07) is 11.6. The molecule has 1 atom stereocenters. The number of ether oxygens (including phenoxy) is 1. The number of sulfonamides is 1. The molecule has 0 aliphatic carbocycles. The van der Waals surface area contributed by atoms with Gasteiger partial charge in [0.2, 0.25) is 10.0 Å². The van der Waals surface area contributed by atoms with Crippen LogP contribution in [0.2, 0.25) is 0 Å². The molecule has 1 amide bonds. The number of morpholine rings is 1. The van der Waals surface area contributed by atoms with Crippen LogP contribution in [0.4, 0.5) is 17.1 Å². The molecule has 0 unspecified atom stereocenters. The Morgan fingerprint density at radius 3 is 2.52 bits per heavy atom. The van der Waals surface area contributed by atoms with Crippen molar-refractivity contribution in [3.63, 3.8) is 0 Å². The van der Waals surface area contributed by atoms with Crippen molar-refractivity contribution in [2.45, 2.75) is 13.0 Å². The molecule has 0 radical (unpaired) electrons. The third-order valence-corrected chi connectivity index (χ3v) is 6.29. The number of benzene rings is 2. The Bertz CT molecular complexity index is 1130. The van der Waals surface area contributed by atoms with Crippen LogP contribution < -0.4 is 14.6 Å². The van der Waals surface area contributed by atoms with Crippen LogP contribution in [0.5, 0.6) is 0 Å². The van der Waals surface area contributed by atoms with Crippen LogP contribution in [0.25, 0.3) is 0 Å². The van der Waals surface area contributed by atoms with Crippen LogP contribution in [0.1, 0.15) is 12.5 Å². The lowest BCUT2D eigenvalue weighted by Gasteiger charge is -2.30. The number of carbonyl (C=O) groups excluding carboxylic acids is 1. The van der Waals surface area contributed by atoms with Crippen molar-refractivity contribution in [3.05, 3.63) is 64.2 Å². The second-order valence-electron chi connectivity index (χ2n) is 7.40. The minimum atomic E-state index is -3.75. The van der Waals surface area contributed by atoms with Gasteiger partial charge in [0, 0.05) is 36.5 Å². The van der Waals surface area contributed by atoms with E-state index in [9.17, 15) is 23.3 Å². The van der Waals surface area contributed by atoms with E-state index in [1.54, 1.807) is 36.4 Å². The van der Waals surface area contributed by atoms with Crippen LogP contribution >= 0.6 is 0 Å². The summed E-state index contributed by atoms with van der Waals surface area (Å²) in [6.07, 6.45) is 2.33. The summed E-state index contributed by atoms with van der Waals surface area (Å²) < 4.78 is 31.0. The Morgan fingerprint density at radius 2 is 1.91 bits per heavy atom. The molecule has 3 rings (SSSR count). The number of non-ortho nitro benzene ring substituents is 1. The van der Waals surface area contributed by atoms with E-state index in [1.807, 2.05) is 4.90 Å². The first-order valence-corrected chi connectivity index (χ1v) is 12.0. The van der Waals surface area contributed by atoms with Gasteiger partial charge in [-0.1, -0.05) is 18.2 Å². The molecule has 1 N–H and O–H groups in total. The summed E-state index contributed by atoms with van der Waals surface area (Å²) in [4.78, 5) is 25.4. The highest BCUT2D eigenvalue weighted by atomic mass is 32.2. The van der Waals surface area contributed by atoms with Crippen LogP contribution in [-0.4, -0.2) is 64.1 Å². The average Bonchev–Trinajstić information content (AvgIpc) is 2.79. The van der Waals surface area contributed by atoms with Crippen LogP contribution in [0.3, 0.4) is 0 Å². The fourth-order valence-corrected chi connectivity index (χ4v) is 4.67. The minimum Gasteiger partial charge on any atom is -0.378 e. The van der Waals surface area contributed by atoms with Gasteiger partial charge in [0.25, 0.3) is 11.6 Å². The molecule has 1 fully saturated rings. The quantitative estimate of drug-likeness (QED) is 0.349. The molecular formula is C21H25N5O6S. The number of amides is 1. The standard InChI is InChI=1S/C21H25N5O6S/c1-16(25(33(2,30)31)18-6-4-3-5-7-18)21(27)23-22-15-17-14-19(26(28)29)8-9-20(17)24-10-12-32-13-11-24/h3-9,14-16H,10-13H2,1-2H3,(H,23,27)/b22-15-/t16-/m0/s1. The van der Waals surface area contributed by atoms with E-state index in [2.05, 4.69) is 10.5 Å². The lowest BCUT2D eigenvalue weighted by atomic mass is 10.1. The smallest absolute Gasteiger partial charge is 0.270 e. The predicted molar refractivity (Wildman–Crippen MR) is 125 cm³/mol. The Balaban J connectivity index is 1.81. The third kappa shape index (κ3) is 6.05. The summed E-state index contributed by atoms with van der Waals surface area (Å²) in [6.45, 7) is 3.74. The molecule has 0 spiro atoms. The highest BCUT2D eigenvalue weighted by Crippen LogP contribution is 2.25. The Labute approximate surface area is 191 Å². The summed E-state index contributed by atoms with van der Waals surface area (Å²) in [5.74, 6) is -0.654. The maximum atomic E-state index is 12.7. The molecule has 11 nitrogen and oxygen atoms in total. The number of rotatable bonds is 8. The van der Waals surface area contributed by atoms with Gasteiger partial charge in [0.15, 0.2) is 0 Å². The van der Waals surface area contributed by atoms with Crippen molar-refractivity contribution in [1.82, 2.24) is 5.43 Å². The highest BCUT2D eigenvalue weighted by molar-refractivity contribution is 7.92. The van der Waals surface area contributed by atoms with Crippen molar-refractivity contribution in [2.75, 3.05) is 41.8 Å². The topological polar surface area (TPSA) is 134 Å². The molecule has 0 bridgehead atoms. The van der Waals surface area contributed by atoms with E-state index < -0.39 is 26.9 Å². The number of hydrogen-bond acceptors (Lipinski definition) is 8. The van der Waals surface area contributed by atoms with E-state index in [0.29, 0.717) is 37.6 Å². The number of nitro groups is 1. The Morgan fingerprint density at radius 1 is 1.24 bits per heavy atom. The van der Waals surface area contributed by atoms with Crippen molar-refractivity contribution >= 4 is 39.2 Å². The van der Waals surface area contributed by atoms with Gasteiger partial charge >= 0.3 is 0 Å². The zero-order valence-electron chi connectivity index (χ0n) is 18.2. The van der Waals surface area contributed by atoms with Crippen molar-refractivity contribution in [2.24, 2.45) is 5.10 Å². The molecule has 1 aliphatic heterocycles. The summed E-state index contributed by atoms with van der Waals surface area (Å²) in [5.41, 5.74) is 3.75. The molecule has 33 heavy (non-hydrogen) atoms. The first kappa shape index (κ1) is 24.1. The van der Waals surface area contributed by atoms with E-state index in [0.717, 1.165) is 16.2 Å². The van der Waals surface area contributed by atoms with Gasteiger partial charge in [0.1, 0.15) is 6.04 Å². The molecule has 0 aromatic heterocycles. The SMILES string of the molecule is C[C@@H](C(=O)N/N=C\c1cc([N+](=O)[O-])ccc1N1CCOCC1)N(c1ccccc1)S(C)(=O)=O. The van der Waals surface area contributed by atoms with Gasteiger partial charge in [0.05, 0.1) is 36.3 Å². The summed E-state index contributed by atoms with van der Waals surface area (Å²) in [7, 11) is -3.75. The van der Waals surface area contributed by atoms with Crippen molar-refractivity contribution in [3.8, 4) is 0 Å². The lowest BCUT2D eigenvalue weighted by molar-refractivity contribution is -0.384. The summed E-state index contributed by atoms with van der Waals surface area (Å²) in [5, 5.41) is 15.2. The average molecular weight is 476 g/mol. The zero-order valence-corrected chi connectivity index (χ0v) is 19.1. The number of anilines is 2. The van der Waals surface area contributed by atoms with Gasteiger partial charge in [-0.05, 0) is 25.1 Å². The predicted octanol–water partition coefficient (Wildman–Crippen LogP) is 1.74. The highest BCUT2D eigenvalue weighted by Gasteiger charge is 2.29. The van der Waals surface area contributed by atoms with Gasteiger partial charge in [-0.2, -0.15) is 5.10 Å². The van der Waals surface area contributed by atoms with Crippen LogP contribution in [-0.2, 0) is 19.6 Å². The van der Waals surface area contributed by atoms with E-state index in [1.165, 1.54) is 25.3 Å². The van der Waals surface area contributed by atoms with Crippen molar-refractivity contribution in [1.29, 1.82) is 0 Å². The minimum absolute atomic E-state index is 0.111. The number of nitro benzene ring substituents is 1. The number of nitrogens with zero attached hydrogens (tertiary/aromatic N) is 4. The Kier molecular flexibility index (Phi) is 7.61. The first-order chi connectivity index (χ1) is 15.7. The number of hydrazone groups is 1. The lowest BCUT2D eigenvalue weighted by Crippen LogP contribution is -2.46. The van der Waals surface area contributed by atoms with E-state index >= 15 is 0 Å². The fraction of sp³-hybridized carbons (Fsp3) is 0.333. The third-order valence-electron chi connectivity index (χ3n) is 5.05. The second kappa shape index (κ2) is 10.4. The number of nitrogens with one attached hydrogen (secondary N) is 1. The maximum absolute atomic E-state index is 12.7. The molecule has 176 valence electrons. The van der Waals surface area contributed by atoms with Gasteiger partial charge < -0.3 is 9.64 Å². The molecule has 12 heteroatoms. The van der Waals surface area contributed by atoms with Crippen molar-refractivity contribution < 1.29 is 22.9 Å². The molecule has 2 aromatic rings.